The highest BCUT2D eigenvalue weighted by Gasteiger charge is 2.35. The fourth-order valence-electron chi connectivity index (χ4n) is 4.11. The standard InChI is InChI=1S/C20H28FN3O2/c1-23(10-9-19(25)22-17-6-4-5-16(21)12-17)13-15-11-20(26)24(14-15)18-7-2-3-8-18/h4-6,12,15,18H,2-3,7-11,13-14H2,1H3,(H,22,25)/t15-/m0/s1. The Bertz CT molecular complexity index is 646. The molecule has 6 heteroatoms. The van der Waals surface area contributed by atoms with E-state index in [1.54, 1.807) is 12.1 Å². The molecule has 142 valence electrons. The number of carbonyl (C=O) groups is 2. The van der Waals surface area contributed by atoms with Crippen LogP contribution in [0, 0.1) is 11.7 Å². The van der Waals surface area contributed by atoms with Crippen LogP contribution >= 0.6 is 0 Å². The first kappa shape index (κ1) is 18.8. The predicted molar refractivity (Wildman–Crippen MR) is 99.2 cm³/mol. The van der Waals surface area contributed by atoms with Crippen LogP contribution in [-0.4, -0.2) is 54.3 Å². The molecule has 1 aromatic rings. The number of nitrogens with one attached hydrogen (secondary N) is 1. The Balaban J connectivity index is 1.39. The molecule has 3 rings (SSSR count). The third-order valence-corrected chi connectivity index (χ3v) is 5.40. The topological polar surface area (TPSA) is 52.7 Å². The second kappa shape index (κ2) is 8.62. The van der Waals surface area contributed by atoms with Crippen LogP contribution in [0.25, 0.3) is 0 Å². The summed E-state index contributed by atoms with van der Waals surface area (Å²) in [6, 6.07) is 6.36. The summed E-state index contributed by atoms with van der Waals surface area (Å²) < 4.78 is 13.1. The lowest BCUT2D eigenvalue weighted by Crippen LogP contribution is -2.35. The van der Waals surface area contributed by atoms with Crippen molar-refractivity contribution in [1.29, 1.82) is 0 Å². The average Bonchev–Trinajstić information content (AvgIpc) is 3.22. The van der Waals surface area contributed by atoms with Crippen LogP contribution in [0.15, 0.2) is 24.3 Å². The molecule has 0 aromatic heterocycles. The molecule has 2 fully saturated rings. The number of rotatable bonds is 7. The first-order valence-corrected chi connectivity index (χ1v) is 9.54. The number of anilines is 1. The third-order valence-electron chi connectivity index (χ3n) is 5.40. The smallest absolute Gasteiger partial charge is 0.225 e. The summed E-state index contributed by atoms with van der Waals surface area (Å²) in [5.74, 6) is 0.147. The van der Waals surface area contributed by atoms with E-state index in [0.717, 1.165) is 25.9 Å². The number of halogens is 1. The van der Waals surface area contributed by atoms with E-state index < -0.39 is 0 Å². The fraction of sp³-hybridized carbons (Fsp3) is 0.600. The number of amides is 2. The zero-order valence-corrected chi connectivity index (χ0v) is 15.4. The predicted octanol–water partition coefficient (Wildman–Crippen LogP) is 2.88. The molecule has 0 spiro atoms. The van der Waals surface area contributed by atoms with Gasteiger partial charge in [0.15, 0.2) is 0 Å². The summed E-state index contributed by atoms with van der Waals surface area (Å²) in [5.41, 5.74) is 0.478. The van der Waals surface area contributed by atoms with Gasteiger partial charge in [0, 0.05) is 44.2 Å². The highest BCUT2D eigenvalue weighted by atomic mass is 19.1. The SMILES string of the molecule is CN(CCC(=O)Nc1cccc(F)c1)C[C@@H]1CC(=O)N(C2CCCC2)C1. The summed E-state index contributed by atoms with van der Waals surface area (Å²) >= 11 is 0. The van der Waals surface area contributed by atoms with Gasteiger partial charge in [-0.25, -0.2) is 4.39 Å². The molecule has 0 bridgehead atoms. The molecule has 1 N–H and O–H groups in total. The number of carbonyl (C=O) groups excluding carboxylic acids is 2. The number of likely N-dealkylation sites (tertiary alicyclic amines) is 1. The maximum Gasteiger partial charge on any atom is 0.225 e. The average molecular weight is 361 g/mol. The first-order valence-electron chi connectivity index (χ1n) is 9.54. The van der Waals surface area contributed by atoms with Gasteiger partial charge in [-0.2, -0.15) is 0 Å². The third kappa shape index (κ3) is 5.04. The molecular formula is C20H28FN3O2. The van der Waals surface area contributed by atoms with Crippen LogP contribution in [0.2, 0.25) is 0 Å². The van der Waals surface area contributed by atoms with Gasteiger partial charge in [-0.3, -0.25) is 9.59 Å². The molecule has 2 aliphatic rings. The molecule has 0 unspecified atom stereocenters. The highest BCUT2D eigenvalue weighted by molar-refractivity contribution is 5.90. The van der Waals surface area contributed by atoms with Crippen molar-refractivity contribution in [3.8, 4) is 0 Å². The van der Waals surface area contributed by atoms with E-state index in [0.29, 0.717) is 42.9 Å². The van der Waals surface area contributed by atoms with Gasteiger partial charge in [-0.15, -0.1) is 0 Å². The van der Waals surface area contributed by atoms with E-state index in [1.165, 1.54) is 25.0 Å². The Morgan fingerprint density at radius 1 is 1.35 bits per heavy atom. The van der Waals surface area contributed by atoms with Gasteiger partial charge in [-0.1, -0.05) is 18.9 Å². The van der Waals surface area contributed by atoms with Crippen LogP contribution in [0.3, 0.4) is 0 Å². The molecule has 1 saturated heterocycles. The monoisotopic (exact) mass is 361 g/mol. The molecule has 1 aliphatic heterocycles. The van der Waals surface area contributed by atoms with Crippen molar-refractivity contribution in [2.75, 3.05) is 32.0 Å². The fourth-order valence-corrected chi connectivity index (χ4v) is 4.11. The number of hydrogen-bond acceptors (Lipinski definition) is 3. The van der Waals surface area contributed by atoms with Crippen LogP contribution < -0.4 is 5.32 Å². The summed E-state index contributed by atoms with van der Waals surface area (Å²) in [4.78, 5) is 28.5. The van der Waals surface area contributed by atoms with Gasteiger partial charge >= 0.3 is 0 Å². The van der Waals surface area contributed by atoms with Crippen molar-refractivity contribution in [3.63, 3.8) is 0 Å². The van der Waals surface area contributed by atoms with Crippen molar-refractivity contribution in [1.82, 2.24) is 9.80 Å². The van der Waals surface area contributed by atoms with Crippen molar-refractivity contribution in [2.45, 2.75) is 44.6 Å². The summed E-state index contributed by atoms with van der Waals surface area (Å²) in [6.07, 6.45) is 5.73. The van der Waals surface area contributed by atoms with Crippen LogP contribution in [-0.2, 0) is 9.59 Å². The van der Waals surface area contributed by atoms with Gasteiger partial charge < -0.3 is 15.1 Å². The lowest BCUT2D eigenvalue weighted by atomic mass is 10.1. The molecular weight excluding hydrogens is 333 g/mol. The number of benzene rings is 1. The van der Waals surface area contributed by atoms with E-state index >= 15 is 0 Å². The Kier molecular flexibility index (Phi) is 6.25. The molecule has 5 nitrogen and oxygen atoms in total. The summed E-state index contributed by atoms with van der Waals surface area (Å²) in [6.45, 7) is 2.29. The maximum atomic E-state index is 13.1. The van der Waals surface area contributed by atoms with Gasteiger partial charge in [0.25, 0.3) is 0 Å². The molecule has 1 aliphatic carbocycles. The molecule has 0 radical (unpaired) electrons. The second-order valence-corrected chi connectivity index (χ2v) is 7.63. The lowest BCUT2D eigenvalue weighted by molar-refractivity contribution is -0.129. The number of nitrogens with zero attached hydrogens (tertiary/aromatic N) is 2. The van der Waals surface area contributed by atoms with Crippen molar-refractivity contribution in [3.05, 3.63) is 30.1 Å². The van der Waals surface area contributed by atoms with Crippen LogP contribution in [0.5, 0.6) is 0 Å². The van der Waals surface area contributed by atoms with E-state index in [1.807, 2.05) is 7.05 Å². The quantitative estimate of drug-likeness (QED) is 0.812. The molecule has 1 atom stereocenters. The van der Waals surface area contributed by atoms with E-state index in [9.17, 15) is 14.0 Å². The van der Waals surface area contributed by atoms with Gasteiger partial charge in [0.2, 0.25) is 11.8 Å². The highest BCUT2D eigenvalue weighted by Crippen LogP contribution is 2.29. The Morgan fingerprint density at radius 2 is 2.12 bits per heavy atom. The first-order chi connectivity index (χ1) is 12.5. The second-order valence-electron chi connectivity index (χ2n) is 7.63. The van der Waals surface area contributed by atoms with E-state index in [-0.39, 0.29) is 11.7 Å². The van der Waals surface area contributed by atoms with Gasteiger partial charge in [-0.05, 0) is 44.0 Å². The minimum Gasteiger partial charge on any atom is -0.339 e. The summed E-state index contributed by atoms with van der Waals surface area (Å²) in [5, 5.41) is 2.71. The zero-order valence-electron chi connectivity index (χ0n) is 15.4. The molecule has 1 heterocycles. The molecule has 1 saturated carbocycles. The van der Waals surface area contributed by atoms with Gasteiger partial charge in [0.05, 0.1) is 0 Å². The van der Waals surface area contributed by atoms with Gasteiger partial charge in [0.1, 0.15) is 5.82 Å². The minimum atomic E-state index is -0.363. The lowest BCUT2D eigenvalue weighted by Gasteiger charge is -2.25. The Hall–Kier alpha value is -1.95. The normalized spacial score (nSPS) is 21.0. The van der Waals surface area contributed by atoms with E-state index in [2.05, 4.69) is 15.1 Å². The van der Waals surface area contributed by atoms with E-state index in [4.69, 9.17) is 0 Å². The molecule has 1 aromatic carbocycles. The Morgan fingerprint density at radius 3 is 2.85 bits per heavy atom. The van der Waals surface area contributed by atoms with Crippen molar-refractivity contribution < 1.29 is 14.0 Å². The largest absolute Gasteiger partial charge is 0.339 e. The summed E-state index contributed by atoms with van der Waals surface area (Å²) in [7, 11) is 1.98. The van der Waals surface area contributed by atoms with Crippen molar-refractivity contribution in [2.24, 2.45) is 5.92 Å². The zero-order chi connectivity index (χ0) is 18.5. The maximum absolute atomic E-state index is 13.1. The molecule has 26 heavy (non-hydrogen) atoms. The van der Waals surface area contributed by atoms with Crippen molar-refractivity contribution >= 4 is 17.5 Å². The Labute approximate surface area is 154 Å². The minimum absolute atomic E-state index is 0.127. The number of hydrogen-bond donors (Lipinski definition) is 1. The van der Waals surface area contributed by atoms with Crippen LogP contribution in [0.4, 0.5) is 10.1 Å². The molecule has 2 amide bonds. The van der Waals surface area contributed by atoms with Crippen LogP contribution in [0.1, 0.15) is 38.5 Å².